The number of hydrogen-bond donors (Lipinski definition) is 1. The molecule has 0 aliphatic heterocycles. The molecule has 1 N–H and O–H groups in total. The van der Waals surface area contributed by atoms with Gasteiger partial charge in [-0.05, 0) is 37.5 Å². The number of ether oxygens (including phenoxy) is 1. The molecule has 112 valence electrons. The Bertz CT molecular complexity index is 638. The Morgan fingerprint density at radius 1 is 1.48 bits per heavy atom. The number of methoxy groups -OCH3 is 1. The normalized spacial score (nSPS) is 17.6. The molecule has 1 heterocycles. The minimum absolute atomic E-state index is 0.353. The van der Waals surface area contributed by atoms with E-state index in [0.717, 1.165) is 35.7 Å². The lowest BCUT2D eigenvalue weighted by Gasteiger charge is -2.24. The van der Waals surface area contributed by atoms with Crippen molar-refractivity contribution < 1.29 is 4.74 Å². The second-order valence-electron chi connectivity index (χ2n) is 5.45. The maximum Gasteiger partial charge on any atom is 0.123 e. The fourth-order valence-electron chi connectivity index (χ4n) is 3.04. The lowest BCUT2D eigenvalue weighted by Crippen LogP contribution is -2.25. The number of benzene rings is 1. The zero-order valence-electron chi connectivity index (χ0n) is 12.4. The summed E-state index contributed by atoms with van der Waals surface area (Å²) in [5.74, 6) is 0.870. The van der Waals surface area contributed by atoms with Gasteiger partial charge in [0.15, 0.2) is 0 Å². The molecule has 5 heteroatoms. The van der Waals surface area contributed by atoms with Crippen molar-refractivity contribution in [1.82, 2.24) is 15.1 Å². The SMILES string of the molecule is COc1ccc(Cl)cc1CN[C@@H]1CCCc2c1cnn2C. The first kappa shape index (κ1) is 14.4. The Hall–Kier alpha value is -1.52. The highest BCUT2D eigenvalue weighted by Crippen LogP contribution is 2.30. The maximum atomic E-state index is 6.08. The van der Waals surface area contributed by atoms with Gasteiger partial charge in [-0.25, -0.2) is 0 Å². The topological polar surface area (TPSA) is 39.1 Å². The van der Waals surface area contributed by atoms with Crippen LogP contribution in [0.1, 0.15) is 35.7 Å². The molecule has 1 atom stereocenters. The van der Waals surface area contributed by atoms with Gasteiger partial charge in [0.05, 0.1) is 13.3 Å². The molecule has 0 bridgehead atoms. The highest BCUT2D eigenvalue weighted by atomic mass is 35.5. The van der Waals surface area contributed by atoms with E-state index in [4.69, 9.17) is 16.3 Å². The molecule has 0 spiro atoms. The molecule has 0 fully saturated rings. The summed E-state index contributed by atoms with van der Waals surface area (Å²) in [6.45, 7) is 0.739. The summed E-state index contributed by atoms with van der Waals surface area (Å²) in [6.07, 6.45) is 5.43. The van der Waals surface area contributed by atoms with E-state index < -0.39 is 0 Å². The Balaban J connectivity index is 1.76. The quantitative estimate of drug-likeness (QED) is 0.942. The number of aromatic nitrogens is 2. The largest absolute Gasteiger partial charge is 0.496 e. The van der Waals surface area contributed by atoms with Crippen LogP contribution in [0.15, 0.2) is 24.4 Å². The number of rotatable bonds is 4. The smallest absolute Gasteiger partial charge is 0.123 e. The first-order chi connectivity index (χ1) is 10.2. The molecule has 0 unspecified atom stereocenters. The number of aryl methyl sites for hydroxylation is 1. The number of hydrogen-bond acceptors (Lipinski definition) is 3. The molecule has 3 rings (SSSR count). The van der Waals surface area contributed by atoms with Crippen molar-refractivity contribution in [3.8, 4) is 5.75 Å². The molecule has 1 aromatic heterocycles. The van der Waals surface area contributed by atoms with Gasteiger partial charge in [0.2, 0.25) is 0 Å². The molecule has 0 saturated heterocycles. The number of fused-ring (bicyclic) bond motifs is 1. The van der Waals surface area contributed by atoms with Gasteiger partial charge >= 0.3 is 0 Å². The monoisotopic (exact) mass is 305 g/mol. The van der Waals surface area contributed by atoms with Crippen LogP contribution in [0.25, 0.3) is 0 Å². The van der Waals surface area contributed by atoms with Crippen LogP contribution in [0.3, 0.4) is 0 Å². The van der Waals surface area contributed by atoms with Crippen LogP contribution in [0.4, 0.5) is 0 Å². The van der Waals surface area contributed by atoms with Crippen molar-refractivity contribution in [3.05, 3.63) is 46.2 Å². The van der Waals surface area contributed by atoms with E-state index in [1.807, 2.05) is 36.1 Å². The zero-order chi connectivity index (χ0) is 14.8. The Labute approximate surface area is 130 Å². The standard InChI is InChI=1S/C16H20ClN3O/c1-20-15-5-3-4-14(13(15)10-19-20)18-9-11-8-12(17)6-7-16(11)21-2/h6-8,10,14,18H,3-5,9H2,1-2H3/t14-/m1/s1. The summed E-state index contributed by atoms with van der Waals surface area (Å²) in [6, 6.07) is 6.07. The molecule has 1 aliphatic rings. The van der Waals surface area contributed by atoms with E-state index in [1.165, 1.54) is 17.7 Å². The van der Waals surface area contributed by atoms with Gasteiger partial charge in [-0.1, -0.05) is 11.6 Å². The average Bonchev–Trinajstić information content (AvgIpc) is 2.87. The Morgan fingerprint density at radius 3 is 3.14 bits per heavy atom. The zero-order valence-corrected chi connectivity index (χ0v) is 13.2. The molecular formula is C16H20ClN3O. The summed E-state index contributed by atoms with van der Waals surface area (Å²) in [7, 11) is 3.70. The minimum atomic E-state index is 0.353. The molecule has 0 amide bonds. The minimum Gasteiger partial charge on any atom is -0.496 e. The van der Waals surface area contributed by atoms with E-state index in [-0.39, 0.29) is 0 Å². The van der Waals surface area contributed by atoms with E-state index in [2.05, 4.69) is 10.4 Å². The van der Waals surface area contributed by atoms with E-state index in [0.29, 0.717) is 6.04 Å². The van der Waals surface area contributed by atoms with E-state index >= 15 is 0 Å². The van der Waals surface area contributed by atoms with Crippen molar-refractivity contribution in [1.29, 1.82) is 0 Å². The summed E-state index contributed by atoms with van der Waals surface area (Å²) in [5.41, 5.74) is 3.75. The molecule has 2 aromatic rings. The van der Waals surface area contributed by atoms with E-state index in [1.54, 1.807) is 7.11 Å². The van der Waals surface area contributed by atoms with Crippen LogP contribution in [0, 0.1) is 0 Å². The summed E-state index contributed by atoms with van der Waals surface area (Å²) < 4.78 is 7.39. The predicted molar refractivity (Wildman–Crippen MR) is 83.7 cm³/mol. The van der Waals surface area contributed by atoms with Crippen molar-refractivity contribution in [2.75, 3.05) is 7.11 Å². The maximum absolute atomic E-state index is 6.08. The molecule has 0 radical (unpaired) electrons. The number of nitrogens with zero attached hydrogens (tertiary/aromatic N) is 2. The van der Waals surface area contributed by atoms with Crippen molar-refractivity contribution in [3.63, 3.8) is 0 Å². The first-order valence-corrected chi connectivity index (χ1v) is 7.63. The number of nitrogens with one attached hydrogen (secondary N) is 1. The summed E-state index contributed by atoms with van der Waals surface area (Å²) in [4.78, 5) is 0. The van der Waals surface area contributed by atoms with E-state index in [9.17, 15) is 0 Å². The predicted octanol–water partition coefficient (Wildman–Crippen LogP) is 3.25. The first-order valence-electron chi connectivity index (χ1n) is 7.25. The van der Waals surface area contributed by atoms with Crippen molar-refractivity contribution in [2.24, 2.45) is 7.05 Å². The molecule has 1 aliphatic carbocycles. The lowest BCUT2D eigenvalue weighted by molar-refractivity contribution is 0.400. The third-order valence-corrected chi connectivity index (χ3v) is 4.39. The van der Waals surface area contributed by atoms with Crippen LogP contribution in [-0.4, -0.2) is 16.9 Å². The van der Waals surface area contributed by atoms with Gasteiger partial charge in [0.1, 0.15) is 5.75 Å². The molecule has 1 aromatic carbocycles. The van der Waals surface area contributed by atoms with Crippen molar-refractivity contribution in [2.45, 2.75) is 31.8 Å². The molecular weight excluding hydrogens is 286 g/mol. The summed E-state index contributed by atoms with van der Waals surface area (Å²) in [5, 5.41) is 8.73. The number of halogens is 1. The van der Waals surface area contributed by atoms with Gasteiger partial charge in [0, 0.05) is 41.5 Å². The van der Waals surface area contributed by atoms with Crippen LogP contribution < -0.4 is 10.1 Å². The molecule has 0 saturated carbocycles. The highest BCUT2D eigenvalue weighted by molar-refractivity contribution is 6.30. The molecule has 21 heavy (non-hydrogen) atoms. The molecule has 4 nitrogen and oxygen atoms in total. The fourth-order valence-corrected chi connectivity index (χ4v) is 3.23. The van der Waals surface area contributed by atoms with Crippen LogP contribution in [-0.2, 0) is 20.0 Å². The van der Waals surface area contributed by atoms with Crippen molar-refractivity contribution >= 4 is 11.6 Å². The van der Waals surface area contributed by atoms with Gasteiger partial charge < -0.3 is 10.1 Å². The average molecular weight is 306 g/mol. The third kappa shape index (κ3) is 2.92. The van der Waals surface area contributed by atoms with Gasteiger partial charge in [-0.15, -0.1) is 0 Å². The highest BCUT2D eigenvalue weighted by Gasteiger charge is 2.23. The Kier molecular flexibility index (Phi) is 4.17. The lowest BCUT2D eigenvalue weighted by atomic mass is 9.93. The Morgan fingerprint density at radius 2 is 2.33 bits per heavy atom. The third-order valence-electron chi connectivity index (χ3n) is 4.16. The van der Waals surface area contributed by atoms with Crippen LogP contribution in [0.5, 0.6) is 5.75 Å². The summed E-state index contributed by atoms with van der Waals surface area (Å²) >= 11 is 6.08. The van der Waals surface area contributed by atoms with Crippen LogP contribution >= 0.6 is 11.6 Å². The van der Waals surface area contributed by atoms with Gasteiger partial charge in [-0.2, -0.15) is 5.10 Å². The second-order valence-corrected chi connectivity index (χ2v) is 5.89. The second kappa shape index (κ2) is 6.08. The van der Waals surface area contributed by atoms with Gasteiger partial charge in [0.25, 0.3) is 0 Å². The van der Waals surface area contributed by atoms with Gasteiger partial charge in [-0.3, -0.25) is 4.68 Å². The fraction of sp³-hybridized carbons (Fsp3) is 0.438. The van der Waals surface area contributed by atoms with Crippen LogP contribution in [0.2, 0.25) is 5.02 Å².